The zero-order valence-electron chi connectivity index (χ0n) is 19.1. The van der Waals surface area contributed by atoms with Gasteiger partial charge in [-0.3, -0.25) is 4.68 Å². The number of amides is 2. The number of rotatable bonds is 11. The molecule has 1 aromatic carbocycles. The number of carbonyl (C=O) groups excluding carboxylic acids is 1. The lowest BCUT2D eigenvalue weighted by molar-refractivity contribution is 0.232. The summed E-state index contributed by atoms with van der Waals surface area (Å²) in [6.45, 7) is 14.6. The molecule has 7 nitrogen and oxygen atoms in total. The largest absolute Gasteiger partial charge is 0.490 e. The average Bonchev–Trinajstić information content (AvgIpc) is 3.02. The van der Waals surface area contributed by atoms with Crippen LogP contribution in [0.2, 0.25) is 0 Å². The highest BCUT2D eigenvalue weighted by Gasteiger charge is 2.20. The molecule has 0 radical (unpaired) electrons. The van der Waals surface area contributed by atoms with Gasteiger partial charge in [0.25, 0.3) is 0 Å². The lowest BCUT2D eigenvalue weighted by Gasteiger charge is -2.24. The van der Waals surface area contributed by atoms with E-state index in [1.165, 1.54) is 0 Å². The molecule has 166 valence electrons. The highest BCUT2D eigenvalue weighted by Crippen LogP contribution is 2.32. The van der Waals surface area contributed by atoms with Gasteiger partial charge in [-0.15, -0.1) is 0 Å². The second kappa shape index (κ2) is 11.5. The predicted molar refractivity (Wildman–Crippen MR) is 119 cm³/mol. The van der Waals surface area contributed by atoms with Crippen molar-refractivity contribution in [1.82, 2.24) is 20.4 Å². The van der Waals surface area contributed by atoms with Gasteiger partial charge in [0, 0.05) is 18.8 Å². The van der Waals surface area contributed by atoms with Gasteiger partial charge in [0.15, 0.2) is 11.5 Å². The van der Waals surface area contributed by atoms with E-state index >= 15 is 0 Å². The van der Waals surface area contributed by atoms with Crippen molar-refractivity contribution in [1.29, 1.82) is 0 Å². The van der Waals surface area contributed by atoms with E-state index in [1.807, 2.05) is 50.6 Å². The quantitative estimate of drug-likeness (QED) is 0.533. The number of aromatic nitrogens is 2. The minimum Gasteiger partial charge on any atom is -0.490 e. The summed E-state index contributed by atoms with van der Waals surface area (Å²) < 4.78 is 13.4. The summed E-state index contributed by atoms with van der Waals surface area (Å²) in [4.78, 5) is 12.5. The Morgan fingerprint density at radius 2 is 1.80 bits per heavy atom. The first-order valence-electron chi connectivity index (χ1n) is 10.8. The van der Waals surface area contributed by atoms with Crippen LogP contribution in [0.5, 0.6) is 11.5 Å². The smallest absolute Gasteiger partial charge is 0.315 e. The Morgan fingerprint density at radius 3 is 2.40 bits per heavy atom. The van der Waals surface area contributed by atoms with E-state index in [4.69, 9.17) is 9.47 Å². The molecule has 2 N–H and O–H groups in total. The predicted octanol–water partition coefficient (Wildman–Crippen LogP) is 4.38. The highest BCUT2D eigenvalue weighted by atomic mass is 16.5. The van der Waals surface area contributed by atoms with Crippen molar-refractivity contribution in [3.8, 4) is 11.5 Å². The van der Waals surface area contributed by atoms with E-state index in [0.717, 1.165) is 35.7 Å². The fraction of sp³-hybridized carbons (Fsp3) is 0.565. The third-order valence-corrected chi connectivity index (χ3v) is 4.82. The van der Waals surface area contributed by atoms with Gasteiger partial charge in [-0.05, 0) is 63.8 Å². The van der Waals surface area contributed by atoms with Gasteiger partial charge in [-0.25, -0.2) is 4.79 Å². The van der Waals surface area contributed by atoms with Gasteiger partial charge in [-0.1, -0.05) is 19.9 Å². The average molecular weight is 417 g/mol. The van der Waals surface area contributed by atoms with Gasteiger partial charge < -0.3 is 20.1 Å². The molecule has 2 rings (SSSR count). The van der Waals surface area contributed by atoms with Gasteiger partial charge in [0.2, 0.25) is 0 Å². The summed E-state index contributed by atoms with van der Waals surface area (Å²) >= 11 is 0. The van der Waals surface area contributed by atoms with Gasteiger partial charge in [-0.2, -0.15) is 5.10 Å². The van der Waals surface area contributed by atoms with Crippen LogP contribution >= 0.6 is 0 Å². The summed E-state index contributed by atoms with van der Waals surface area (Å²) in [6, 6.07) is 7.61. The Labute approximate surface area is 180 Å². The third kappa shape index (κ3) is 6.68. The summed E-state index contributed by atoms with van der Waals surface area (Å²) in [5.74, 6) is 1.65. The molecule has 0 aliphatic heterocycles. The number of urea groups is 1. The normalized spacial score (nSPS) is 12.0. The molecule has 30 heavy (non-hydrogen) atoms. The van der Waals surface area contributed by atoms with Crippen molar-refractivity contribution in [2.24, 2.45) is 5.92 Å². The maximum absolute atomic E-state index is 12.5. The number of hydrogen-bond donors (Lipinski definition) is 2. The minimum atomic E-state index is -0.172. The Bertz CT molecular complexity index is 817. The molecule has 1 atom stereocenters. The van der Waals surface area contributed by atoms with Crippen LogP contribution in [0.4, 0.5) is 4.79 Å². The molecule has 0 bridgehead atoms. The third-order valence-electron chi connectivity index (χ3n) is 4.82. The standard InChI is InChI=1S/C23H36N4O3/c1-7-29-20-11-10-19(15-21(20)30-8-2)22(16(3)4)25-23(28)24-12-9-13-27-18(6)14-17(5)26-27/h10-11,14-16,22H,7-9,12-13H2,1-6H3,(H2,24,25,28). The van der Waals surface area contributed by atoms with E-state index in [-0.39, 0.29) is 18.0 Å². The molecule has 0 saturated heterocycles. The molecule has 0 aliphatic rings. The van der Waals surface area contributed by atoms with E-state index in [1.54, 1.807) is 0 Å². The number of aryl methyl sites for hydroxylation is 3. The van der Waals surface area contributed by atoms with Gasteiger partial charge in [0.05, 0.1) is 24.9 Å². The zero-order valence-corrected chi connectivity index (χ0v) is 19.1. The molecule has 0 saturated carbocycles. The summed E-state index contributed by atoms with van der Waals surface area (Å²) in [7, 11) is 0. The van der Waals surface area contributed by atoms with Crippen molar-refractivity contribution < 1.29 is 14.3 Å². The number of carbonyl (C=O) groups is 1. The first kappa shape index (κ1) is 23.6. The molecule has 1 unspecified atom stereocenters. The Kier molecular flexibility index (Phi) is 9.02. The van der Waals surface area contributed by atoms with Gasteiger partial charge in [0.1, 0.15) is 0 Å². The van der Waals surface area contributed by atoms with E-state index in [0.29, 0.717) is 25.5 Å². The van der Waals surface area contributed by atoms with Crippen LogP contribution in [0, 0.1) is 19.8 Å². The molecule has 7 heteroatoms. The SMILES string of the molecule is CCOc1ccc(C(NC(=O)NCCCn2nc(C)cc2C)C(C)C)cc1OCC. The van der Waals surface area contributed by atoms with Gasteiger partial charge >= 0.3 is 6.03 Å². The highest BCUT2D eigenvalue weighted by molar-refractivity contribution is 5.74. The Hall–Kier alpha value is -2.70. The van der Waals surface area contributed by atoms with Crippen LogP contribution in [-0.2, 0) is 6.54 Å². The Balaban J connectivity index is 1.95. The molecule has 1 heterocycles. The molecular weight excluding hydrogens is 380 g/mol. The van der Waals surface area contributed by atoms with E-state index < -0.39 is 0 Å². The second-order valence-electron chi connectivity index (χ2n) is 7.70. The van der Waals surface area contributed by atoms with Crippen molar-refractivity contribution in [2.45, 2.75) is 60.5 Å². The monoisotopic (exact) mass is 416 g/mol. The van der Waals surface area contributed by atoms with Crippen LogP contribution in [0.1, 0.15) is 57.1 Å². The maximum Gasteiger partial charge on any atom is 0.315 e. The van der Waals surface area contributed by atoms with Crippen LogP contribution in [0.25, 0.3) is 0 Å². The number of hydrogen-bond acceptors (Lipinski definition) is 4. The first-order valence-corrected chi connectivity index (χ1v) is 10.8. The fourth-order valence-electron chi connectivity index (χ4n) is 3.42. The Morgan fingerprint density at radius 1 is 1.10 bits per heavy atom. The molecule has 0 fully saturated rings. The minimum absolute atomic E-state index is 0.129. The zero-order chi connectivity index (χ0) is 22.1. The van der Waals surface area contributed by atoms with Crippen LogP contribution in [0.3, 0.4) is 0 Å². The summed E-state index contributed by atoms with van der Waals surface area (Å²) in [6.07, 6.45) is 0.819. The second-order valence-corrected chi connectivity index (χ2v) is 7.70. The lowest BCUT2D eigenvalue weighted by atomic mass is 9.96. The lowest BCUT2D eigenvalue weighted by Crippen LogP contribution is -2.40. The van der Waals surface area contributed by atoms with Crippen LogP contribution in [0.15, 0.2) is 24.3 Å². The topological polar surface area (TPSA) is 77.4 Å². The number of benzene rings is 1. The summed E-state index contributed by atoms with van der Waals surface area (Å²) in [5.41, 5.74) is 3.15. The van der Waals surface area contributed by atoms with Crippen molar-refractivity contribution in [3.63, 3.8) is 0 Å². The number of nitrogens with one attached hydrogen (secondary N) is 2. The van der Waals surface area contributed by atoms with Crippen molar-refractivity contribution >= 4 is 6.03 Å². The number of ether oxygens (including phenoxy) is 2. The maximum atomic E-state index is 12.5. The van der Waals surface area contributed by atoms with Crippen molar-refractivity contribution in [2.75, 3.05) is 19.8 Å². The molecule has 2 amide bonds. The molecule has 1 aromatic heterocycles. The van der Waals surface area contributed by atoms with Crippen LogP contribution < -0.4 is 20.1 Å². The van der Waals surface area contributed by atoms with Crippen molar-refractivity contribution in [3.05, 3.63) is 41.2 Å². The molecule has 0 spiro atoms. The summed E-state index contributed by atoms with van der Waals surface area (Å²) in [5, 5.41) is 10.5. The van der Waals surface area contributed by atoms with E-state index in [9.17, 15) is 4.79 Å². The first-order chi connectivity index (χ1) is 14.3. The van der Waals surface area contributed by atoms with Crippen LogP contribution in [-0.4, -0.2) is 35.6 Å². The molecule has 2 aromatic rings. The molecular formula is C23H36N4O3. The fourth-order valence-corrected chi connectivity index (χ4v) is 3.42. The van der Waals surface area contributed by atoms with E-state index in [2.05, 4.69) is 35.6 Å². The molecule has 0 aliphatic carbocycles. The number of nitrogens with zero attached hydrogens (tertiary/aromatic N) is 2.